The quantitative estimate of drug-likeness (QED) is 0.768. The molecule has 0 heterocycles. The molecule has 0 unspecified atom stereocenters. The maximum Gasteiger partial charge on any atom is 0.335 e. The first-order valence-corrected chi connectivity index (χ1v) is 14.8. The van der Waals surface area contributed by atoms with Crippen molar-refractivity contribution < 1.29 is 9.90 Å². The summed E-state index contributed by atoms with van der Waals surface area (Å²) in [6.07, 6.45) is 3.35. The Morgan fingerprint density at radius 3 is 2.18 bits per heavy atom. The average Bonchev–Trinajstić information content (AvgIpc) is 2.83. The molecule has 0 spiro atoms. The first kappa shape index (κ1) is 17.0. The first-order chi connectivity index (χ1) is 10.0. The van der Waals surface area contributed by atoms with Gasteiger partial charge in [0.15, 0.2) is 0 Å². The van der Waals surface area contributed by atoms with Gasteiger partial charge in [0.1, 0.15) is 0 Å². The van der Waals surface area contributed by atoms with Crippen molar-refractivity contribution in [1.82, 2.24) is 0 Å². The Morgan fingerprint density at radius 2 is 1.68 bits per heavy atom. The van der Waals surface area contributed by atoms with E-state index in [2.05, 4.69) is 51.4 Å². The zero-order chi connectivity index (χ0) is 16.7. The van der Waals surface area contributed by atoms with Gasteiger partial charge >= 0.3 is 5.97 Å². The summed E-state index contributed by atoms with van der Waals surface area (Å²) in [4.78, 5) is 11.3. The highest BCUT2D eigenvalue weighted by Crippen LogP contribution is 2.42. The van der Waals surface area contributed by atoms with E-state index in [0.29, 0.717) is 5.56 Å². The van der Waals surface area contributed by atoms with Gasteiger partial charge in [-0.25, -0.2) is 4.79 Å². The molecule has 1 aromatic carbocycles. The van der Waals surface area contributed by atoms with Crippen LogP contribution in [0.3, 0.4) is 0 Å². The van der Waals surface area contributed by atoms with E-state index >= 15 is 0 Å². The monoisotopic (exact) mass is 330 g/mol. The molecule has 0 saturated heterocycles. The molecule has 0 aliphatic heterocycles. The number of carbonyl (C=O) groups is 1. The summed E-state index contributed by atoms with van der Waals surface area (Å²) in [6, 6.07) is 7.42. The minimum atomic E-state index is -1.49. The lowest BCUT2D eigenvalue weighted by molar-refractivity contribution is 0.0697. The van der Waals surface area contributed by atoms with Crippen LogP contribution in [-0.4, -0.2) is 27.2 Å². The van der Waals surface area contributed by atoms with Crippen molar-refractivity contribution in [3.05, 3.63) is 51.9 Å². The van der Waals surface area contributed by atoms with E-state index in [0.717, 1.165) is 12.0 Å². The third-order valence-electron chi connectivity index (χ3n) is 4.10. The van der Waals surface area contributed by atoms with Gasteiger partial charge in [-0.3, -0.25) is 0 Å². The van der Waals surface area contributed by atoms with Crippen LogP contribution in [0, 0.1) is 0 Å². The normalized spacial score (nSPS) is 16.0. The highest BCUT2D eigenvalue weighted by Gasteiger charge is 2.35. The Labute approximate surface area is 135 Å². The highest BCUT2D eigenvalue weighted by molar-refractivity contribution is 6.93. The second kappa shape index (κ2) is 5.67. The van der Waals surface area contributed by atoms with E-state index in [-0.39, 0.29) is 0 Å². The maximum atomic E-state index is 11.3. The van der Waals surface area contributed by atoms with E-state index in [4.69, 9.17) is 0 Å². The summed E-state index contributed by atoms with van der Waals surface area (Å²) < 4.78 is 0. The summed E-state index contributed by atoms with van der Waals surface area (Å²) >= 11 is 0. The van der Waals surface area contributed by atoms with E-state index < -0.39 is 22.1 Å². The number of aromatic carboxylic acids is 1. The van der Waals surface area contributed by atoms with Crippen LogP contribution in [0.5, 0.6) is 0 Å². The van der Waals surface area contributed by atoms with E-state index in [9.17, 15) is 9.90 Å². The molecular formula is C18H26O2Si2. The second-order valence-electron chi connectivity index (χ2n) is 8.06. The second-order valence-corrected chi connectivity index (χ2v) is 18.1. The van der Waals surface area contributed by atoms with Crippen LogP contribution in [0.2, 0.25) is 39.3 Å². The van der Waals surface area contributed by atoms with Crippen molar-refractivity contribution in [3.8, 4) is 0 Å². The molecule has 0 atom stereocenters. The summed E-state index contributed by atoms with van der Waals surface area (Å²) in [5, 5.41) is 12.4. The lowest BCUT2D eigenvalue weighted by Gasteiger charge is -2.30. The number of benzene rings is 1. The van der Waals surface area contributed by atoms with Crippen LogP contribution in [0.15, 0.2) is 40.7 Å². The summed E-state index contributed by atoms with van der Waals surface area (Å²) in [6.45, 7) is 14.4. The molecule has 0 fully saturated rings. The molecule has 0 aromatic heterocycles. The van der Waals surface area contributed by atoms with E-state index in [1.165, 1.54) is 5.57 Å². The van der Waals surface area contributed by atoms with Crippen molar-refractivity contribution in [2.24, 2.45) is 0 Å². The van der Waals surface area contributed by atoms with Crippen molar-refractivity contribution >= 4 is 27.7 Å². The Hall–Kier alpha value is -1.40. The maximum absolute atomic E-state index is 11.3. The molecule has 1 aromatic rings. The predicted octanol–water partition coefficient (Wildman–Crippen LogP) is 5.22. The van der Waals surface area contributed by atoms with Crippen LogP contribution < -0.4 is 0 Å². The van der Waals surface area contributed by atoms with Crippen molar-refractivity contribution in [1.29, 1.82) is 0 Å². The zero-order valence-electron chi connectivity index (χ0n) is 14.4. The van der Waals surface area contributed by atoms with Crippen molar-refractivity contribution in [2.45, 2.75) is 45.7 Å². The third-order valence-corrected chi connectivity index (χ3v) is 8.49. The molecule has 1 N–H and O–H groups in total. The first-order valence-electron chi connectivity index (χ1n) is 7.80. The fourth-order valence-electron chi connectivity index (χ4n) is 3.21. The summed E-state index contributed by atoms with van der Waals surface area (Å²) in [5.74, 6) is -0.853. The minimum Gasteiger partial charge on any atom is -0.478 e. The number of carboxylic acid groups (broad SMARTS) is 1. The molecule has 118 valence electrons. The molecule has 2 nitrogen and oxygen atoms in total. The van der Waals surface area contributed by atoms with Crippen molar-refractivity contribution in [2.75, 3.05) is 0 Å². The lowest BCUT2D eigenvalue weighted by atomic mass is 10.0. The van der Waals surface area contributed by atoms with Crippen LogP contribution in [0.25, 0.3) is 5.57 Å². The Balaban J connectivity index is 2.62. The molecule has 0 saturated carbocycles. The molecule has 4 heteroatoms. The van der Waals surface area contributed by atoms with Crippen LogP contribution in [-0.2, 0) is 0 Å². The molecule has 0 bridgehead atoms. The molecule has 0 amide bonds. The summed E-state index contributed by atoms with van der Waals surface area (Å²) in [5.41, 5.74) is 2.82. The molecule has 22 heavy (non-hydrogen) atoms. The van der Waals surface area contributed by atoms with Gasteiger partial charge in [-0.1, -0.05) is 67.9 Å². The largest absolute Gasteiger partial charge is 0.478 e. The molecule has 1 aliphatic rings. The molecule has 0 radical (unpaired) electrons. The Morgan fingerprint density at radius 1 is 1.05 bits per heavy atom. The smallest absolute Gasteiger partial charge is 0.335 e. The van der Waals surface area contributed by atoms with Crippen LogP contribution in [0.1, 0.15) is 22.3 Å². The highest BCUT2D eigenvalue weighted by atomic mass is 28.3. The molecule has 2 rings (SSSR count). The van der Waals surface area contributed by atoms with E-state index in [1.807, 2.05) is 12.1 Å². The fourth-order valence-corrected chi connectivity index (χ4v) is 9.14. The van der Waals surface area contributed by atoms with Gasteiger partial charge in [0.2, 0.25) is 0 Å². The minimum absolute atomic E-state index is 0.376. The van der Waals surface area contributed by atoms with Gasteiger partial charge in [-0.15, -0.1) is 0 Å². The number of carboxylic acids is 1. The standard InChI is InChI=1S/C18H26O2Si2/c1-21(2,3)16-11-10-15(17(16)22(4,5)6)13-8-7-9-14(12-13)18(19)20/h7-9,11-12H,10H2,1-6H3,(H,19,20). The Kier molecular flexibility index (Phi) is 4.37. The number of hydrogen-bond donors (Lipinski definition) is 1. The average molecular weight is 331 g/mol. The van der Waals surface area contributed by atoms with Gasteiger partial charge in [0, 0.05) is 0 Å². The number of hydrogen-bond acceptors (Lipinski definition) is 1. The molecule has 1 aliphatic carbocycles. The lowest BCUT2D eigenvalue weighted by Crippen LogP contribution is -2.34. The number of allylic oxidation sites excluding steroid dienone is 4. The SMILES string of the molecule is C[Si](C)(C)C1=CCC(c2cccc(C(=O)O)c2)=C1[Si](C)(C)C. The van der Waals surface area contributed by atoms with Gasteiger partial charge in [-0.05, 0) is 29.7 Å². The van der Waals surface area contributed by atoms with Gasteiger partial charge in [0.05, 0.1) is 21.7 Å². The van der Waals surface area contributed by atoms with Gasteiger partial charge < -0.3 is 5.11 Å². The van der Waals surface area contributed by atoms with Gasteiger partial charge in [0.25, 0.3) is 0 Å². The van der Waals surface area contributed by atoms with Crippen LogP contribution >= 0.6 is 0 Å². The van der Waals surface area contributed by atoms with Gasteiger partial charge in [-0.2, -0.15) is 0 Å². The predicted molar refractivity (Wildman–Crippen MR) is 99.7 cm³/mol. The third kappa shape index (κ3) is 3.33. The summed E-state index contributed by atoms with van der Waals surface area (Å²) in [7, 11) is -2.87. The van der Waals surface area contributed by atoms with E-state index in [1.54, 1.807) is 16.5 Å². The van der Waals surface area contributed by atoms with Crippen molar-refractivity contribution in [3.63, 3.8) is 0 Å². The fraction of sp³-hybridized carbons (Fsp3) is 0.389. The zero-order valence-corrected chi connectivity index (χ0v) is 16.4. The topological polar surface area (TPSA) is 37.3 Å². The molecular weight excluding hydrogens is 304 g/mol. The number of rotatable bonds is 4. The van der Waals surface area contributed by atoms with Crippen LogP contribution in [0.4, 0.5) is 0 Å². The Bertz CT molecular complexity index is 671.